The summed E-state index contributed by atoms with van der Waals surface area (Å²) in [5.41, 5.74) is 3.20. The first-order valence-corrected chi connectivity index (χ1v) is 6.86. The van der Waals surface area contributed by atoms with E-state index in [9.17, 15) is 4.79 Å². The summed E-state index contributed by atoms with van der Waals surface area (Å²) in [5, 5.41) is 3.66. The molecule has 21 heavy (non-hydrogen) atoms. The molecule has 0 saturated heterocycles. The number of hydrogen-bond acceptors (Lipinski definition) is 4. The van der Waals surface area contributed by atoms with E-state index in [1.54, 1.807) is 0 Å². The number of oxazole rings is 1. The third-order valence-corrected chi connectivity index (χ3v) is 3.55. The Labute approximate surface area is 122 Å². The second kappa shape index (κ2) is 5.44. The summed E-state index contributed by atoms with van der Waals surface area (Å²) in [7, 11) is 0. The Hall–Kier alpha value is -2.56. The van der Waals surface area contributed by atoms with E-state index in [0.29, 0.717) is 23.5 Å². The molecule has 1 aromatic carbocycles. The molecule has 5 heteroatoms. The normalized spacial score (nSPS) is 11.0. The Balaban J connectivity index is 1.82. The zero-order chi connectivity index (χ0) is 14.8. The minimum absolute atomic E-state index is 0.183. The van der Waals surface area contributed by atoms with Crippen LogP contribution in [-0.4, -0.2) is 10.9 Å². The zero-order valence-electron chi connectivity index (χ0n) is 12.0. The highest BCUT2D eigenvalue weighted by molar-refractivity contribution is 6.06. The van der Waals surface area contributed by atoms with Gasteiger partial charge in [0, 0.05) is 5.39 Å². The van der Waals surface area contributed by atoms with Crippen molar-refractivity contribution in [2.45, 2.75) is 26.8 Å². The predicted octanol–water partition coefficient (Wildman–Crippen LogP) is 3.22. The fraction of sp³-hybridized carbons (Fsp3) is 0.250. The number of rotatable bonds is 4. The lowest BCUT2D eigenvalue weighted by molar-refractivity contribution is 0.0949. The van der Waals surface area contributed by atoms with E-state index in [2.05, 4.69) is 17.2 Å². The molecule has 0 aliphatic heterocycles. The minimum Gasteiger partial charge on any atom is -0.463 e. The van der Waals surface area contributed by atoms with Gasteiger partial charge in [-0.1, -0.05) is 13.0 Å². The van der Waals surface area contributed by atoms with Gasteiger partial charge in [-0.05, 0) is 31.0 Å². The Bertz CT molecular complexity index is 786. The molecule has 0 bridgehead atoms. The summed E-state index contributed by atoms with van der Waals surface area (Å²) < 4.78 is 10.6. The lowest BCUT2D eigenvalue weighted by Gasteiger charge is -2.02. The van der Waals surface area contributed by atoms with Crippen LogP contribution in [0.4, 0.5) is 0 Å². The minimum atomic E-state index is -0.183. The quantitative estimate of drug-likeness (QED) is 0.798. The Kier molecular flexibility index (Phi) is 3.48. The first-order valence-electron chi connectivity index (χ1n) is 6.86. The number of carbonyl (C=O) groups is 1. The molecule has 3 aromatic rings. The van der Waals surface area contributed by atoms with Gasteiger partial charge in [-0.25, -0.2) is 4.98 Å². The fourth-order valence-corrected chi connectivity index (χ4v) is 2.22. The van der Waals surface area contributed by atoms with Crippen molar-refractivity contribution in [3.63, 3.8) is 0 Å². The van der Waals surface area contributed by atoms with Crippen molar-refractivity contribution in [1.29, 1.82) is 0 Å². The molecular weight excluding hydrogens is 268 g/mol. The monoisotopic (exact) mass is 284 g/mol. The molecule has 0 aliphatic carbocycles. The van der Waals surface area contributed by atoms with Crippen LogP contribution in [-0.2, 0) is 13.0 Å². The number of aromatic nitrogens is 1. The van der Waals surface area contributed by atoms with Gasteiger partial charge in [0.1, 0.15) is 17.6 Å². The summed E-state index contributed by atoms with van der Waals surface area (Å²) in [4.78, 5) is 16.3. The van der Waals surface area contributed by atoms with Crippen molar-refractivity contribution >= 4 is 16.9 Å². The topological polar surface area (TPSA) is 68.3 Å². The number of fused-ring (bicyclic) bond motifs is 1. The summed E-state index contributed by atoms with van der Waals surface area (Å²) in [6.45, 7) is 4.23. The third kappa shape index (κ3) is 2.54. The smallest absolute Gasteiger partial charge is 0.255 e. The molecule has 0 saturated carbocycles. The fourth-order valence-electron chi connectivity index (χ4n) is 2.22. The van der Waals surface area contributed by atoms with Gasteiger partial charge in [0.25, 0.3) is 5.91 Å². The first-order chi connectivity index (χ1) is 10.2. The Morgan fingerprint density at radius 2 is 2.19 bits per heavy atom. The summed E-state index contributed by atoms with van der Waals surface area (Å²) in [6, 6.07) is 5.89. The maximum absolute atomic E-state index is 12.3. The van der Waals surface area contributed by atoms with E-state index in [1.807, 2.05) is 25.1 Å². The molecule has 5 nitrogen and oxygen atoms in total. The van der Waals surface area contributed by atoms with Crippen LogP contribution in [0.15, 0.2) is 39.7 Å². The van der Waals surface area contributed by atoms with Crippen LogP contribution in [0.3, 0.4) is 0 Å². The van der Waals surface area contributed by atoms with Crippen LogP contribution in [0.1, 0.15) is 34.3 Å². The van der Waals surface area contributed by atoms with Gasteiger partial charge in [0.2, 0.25) is 0 Å². The average Bonchev–Trinajstić information content (AvgIpc) is 3.10. The lowest BCUT2D eigenvalue weighted by Crippen LogP contribution is -2.22. The highest BCUT2D eigenvalue weighted by Crippen LogP contribution is 2.23. The molecule has 0 fully saturated rings. The first kappa shape index (κ1) is 13.4. The number of aryl methyl sites for hydroxylation is 2. The predicted molar refractivity (Wildman–Crippen MR) is 78.0 cm³/mol. The van der Waals surface area contributed by atoms with Crippen molar-refractivity contribution in [1.82, 2.24) is 10.3 Å². The molecular formula is C16H16N2O3. The van der Waals surface area contributed by atoms with Crippen LogP contribution in [0.5, 0.6) is 0 Å². The molecule has 0 atom stereocenters. The van der Waals surface area contributed by atoms with Gasteiger partial charge in [-0.15, -0.1) is 0 Å². The molecule has 2 heterocycles. The van der Waals surface area contributed by atoms with Gasteiger partial charge in [-0.2, -0.15) is 0 Å². The molecule has 0 radical (unpaired) electrons. The molecule has 1 amide bonds. The largest absolute Gasteiger partial charge is 0.463 e. The summed E-state index contributed by atoms with van der Waals surface area (Å²) >= 11 is 0. The van der Waals surface area contributed by atoms with E-state index in [-0.39, 0.29) is 5.91 Å². The maximum atomic E-state index is 12.3. The standard InChI is InChI=1S/C16H16N2O3/c1-3-11-4-5-14-12(6-11)13(8-20-14)16(19)17-7-15-10(2)18-9-21-15/h4-6,8-9H,3,7H2,1-2H3,(H,17,19). The number of carbonyl (C=O) groups excluding carboxylic acids is 1. The second-order valence-electron chi connectivity index (χ2n) is 4.88. The van der Waals surface area contributed by atoms with E-state index in [0.717, 1.165) is 17.5 Å². The number of amides is 1. The molecule has 0 spiro atoms. The van der Waals surface area contributed by atoms with Crippen molar-refractivity contribution in [2.24, 2.45) is 0 Å². The third-order valence-electron chi connectivity index (χ3n) is 3.55. The van der Waals surface area contributed by atoms with Gasteiger partial charge in [-0.3, -0.25) is 4.79 Å². The second-order valence-corrected chi connectivity index (χ2v) is 4.88. The average molecular weight is 284 g/mol. The number of nitrogens with zero attached hydrogens (tertiary/aromatic N) is 1. The van der Waals surface area contributed by atoms with E-state index >= 15 is 0 Å². The van der Waals surface area contributed by atoms with Crippen molar-refractivity contribution in [3.8, 4) is 0 Å². The molecule has 1 N–H and O–H groups in total. The van der Waals surface area contributed by atoms with Crippen LogP contribution in [0.25, 0.3) is 11.0 Å². The van der Waals surface area contributed by atoms with Crippen molar-refractivity contribution in [2.75, 3.05) is 0 Å². The molecule has 108 valence electrons. The van der Waals surface area contributed by atoms with E-state index in [1.165, 1.54) is 18.2 Å². The number of hydrogen-bond donors (Lipinski definition) is 1. The van der Waals surface area contributed by atoms with E-state index in [4.69, 9.17) is 8.83 Å². The van der Waals surface area contributed by atoms with Crippen LogP contribution >= 0.6 is 0 Å². The van der Waals surface area contributed by atoms with Gasteiger partial charge in [0.15, 0.2) is 6.39 Å². The van der Waals surface area contributed by atoms with Crippen LogP contribution in [0, 0.1) is 6.92 Å². The summed E-state index contributed by atoms with van der Waals surface area (Å²) in [5.74, 6) is 0.475. The van der Waals surface area contributed by atoms with Crippen molar-refractivity contribution in [3.05, 3.63) is 53.4 Å². The Morgan fingerprint density at radius 3 is 2.90 bits per heavy atom. The van der Waals surface area contributed by atoms with Crippen molar-refractivity contribution < 1.29 is 13.6 Å². The van der Waals surface area contributed by atoms with Gasteiger partial charge < -0.3 is 14.2 Å². The van der Waals surface area contributed by atoms with Crippen LogP contribution < -0.4 is 5.32 Å². The van der Waals surface area contributed by atoms with E-state index < -0.39 is 0 Å². The van der Waals surface area contributed by atoms with Gasteiger partial charge >= 0.3 is 0 Å². The zero-order valence-corrected chi connectivity index (χ0v) is 12.0. The number of nitrogens with one attached hydrogen (secondary N) is 1. The molecule has 0 unspecified atom stereocenters. The Morgan fingerprint density at radius 1 is 1.33 bits per heavy atom. The number of furan rings is 1. The molecule has 2 aromatic heterocycles. The SMILES string of the molecule is CCc1ccc2occ(C(=O)NCc3ocnc3C)c2c1. The molecule has 0 aliphatic rings. The highest BCUT2D eigenvalue weighted by Gasteiger charge is 2.15. The van der Waals surface area contributed by atoms with Gasteiger partial charge in [0.05, 0.1) is 17.8 Å². The maximum Gasteiger partial charge on any atom is 0.255 e. The lowest BCUT2D eigenvalue weighted by atomic mass is 10.1. The summed E-state index contributed by atoms with van der Waals surface area (Å²) in [6.07, 6.45) is 3.78. The highest BCUT2D eigenvalue weighted by atomic mass is 16.3. The number of benzene rings is 1. The van der Waals surface area contributed by atoms with Crippen LogP contribution in [0.2, 0.25) is 0 Å². The molecule has 3 rings (SSSR count).